The van der Waals surface area contributed by atoms with E-state index in [4.69, 9.17) is 0 Å². The number of allylic oxidation sites excluding steroid dienone is 5. The number of Topliss-reactive ketones (excluding diaryl/α,β-unsaturated/α-hetero) is 1. The van der Waals surface area contributed by atoms with Crippen LogP contribution in [0.4, 0.5) is 0 Å². The minimum atomic E-state index is 0.329. The molecule has 4 atom stereocenters. The predicted octanol–water partition coefficient (Wildman–Crippen LogP) is 4.19. The second-order valence-electron chi connectivity index (χ2n) is 8.18. The van der Waals surface area contributed by atoms with Crippen molar-refractivity contribution in [2.45, 2.75) is 51.5 Å². The second-order valence-corrected chi connectivity index (χ2v) is 8.18. The molecule has 0 spiro atoms. The fraction of sp³-hybridized carbons (Fsp3) is 0.545. The van der Waals surface area contributed by atoms with Gasteiger partial charge in [0, 0.05) is 42.4 Å². The largest absolute Gasteiger partial charge is 0.341 e. The molecule has 0 radical (unpaired) electrons. The van der Waals surface area contributed by atoms with Gasteiger partial charge < -0.3 is 9.69 Å². The molecule has 2 unspecified atom stereocenters. The lowest BCUT2D eigenvalue weighted by Crippen LogP contribution is -2.35. The zero-order chi connectivity index (χ0) is 17.0. The third-order valence-corrected chi connectivity index (χ3v) is 6.76. The van der Waals surface area contributed by atoms with Gasteiger partial charge in [-0.2, -0.15) is 0 Å². The van der Waals surface area contributed by atoms with E-state index >= 15 is 0 Å². The molecule has 3 aliphatic heterocycles. The summed E-state index contributed by atoms with van der Waals surface area (Å²) in [6.07, 6.45) is 17.8. The standard InChI is InChI=1S/C22H26N2O/c1-14(25)12-16-7-9-18-19-13-23-11-10-21(19)24-20-5-3-2-4-15(20)6-8-17(16)22(18)24/h2,4,6,10-11,16,18-20H,3,5,7-9,12-13H2,1H3/t16?,18-,19-,20?/m1/s1. The molecule has 130 valence electrons. The van der Waals surface area contributed by atoms with Gasteiger partial charge in [-0.15, -0.1) is 0 Å². The molecule has 0 saturated carbocycles. The van der Waals surface area contributed by atoms with Gasteiger partial charge in [0.1, 0.15) is 5.78 Å². The van der Waals surface area contributed by atoms with Crippen LogP contribution in [0.2, 0.25) is 0 Å². The molecular formula is C22H26N2O. The Balaban J connectivity index is 1.66. The van der Waals surface area contributed by atoms with E-state index in [1.807, 2.05) is 6.21 Å². The van der Waals surface area contributed by atoms with Crippen molar-refractivity contribution in [1.82, 2.24) is 4.90 Å². The summed E-state index contributed by atoms with van der Waals surface area (Å²) in [5, 5.41) is 0. The summed E-state index contributed by atoms with van der Waals surface area (Å²) < 4.78 is 0. The van der Waals surface area contributed by atoms with Gasteiger partial charge in [0.05, 0.1) is 6.04 Å². The van der Waals surface area contributed by atoms with Crippen molar-refractivity contribution in [3.63, 3.8) is 0 Å². The Morgan fingerprint density at radius 1 is 1.28 bits per heavy atom. The van der Waals surface area contributed by atoms with Crippen LogP contribution in [0, 0.1) is 17.8 Å². The molecule has 3 heteroatoms. The Labute approximate surface area is 149 Å². The molecule has 0 aromatic carbocycles. The van der Waals surface area contributed by atoms with Crippen LogP contribution in [0.15, 0.2) is 51.8 Å². The first-order chi connectivity index (χ1) is 12.2. The van der Waals surface area contributed by atoms with Gasteiger partial charge in [-0.25, -0.2) is 0 Å². The van der Waals surface area contributed by atoms with Gasteiger partial charge in [-0.1, -0.05) is 18.2 Å². The summed E-state index contributed by atoms with van der Waals surface area (Å²) in [5.41, 5.74) is 6.09. The monoisotopic (exact) mass is 334 g/mol. The van der Waals surface area contributed by atoms with Gasteiger partial charge in [-0.05, 0) is 62.2 Å². The van der Waals surface area contributed by atoms with Crippen LogP contribution >= 0.6 is 0 Å². The third kappa shape index (κ3) is 2.32. The average Bonchev–Trinajstić information content (AvgIpc) is 2.84. The van der Waals surface area contributed by atoms with Gasteiger partial charge in [0.2, 0.25) is 0 Å². The van der Waals surface area contributed by atoms with Crippen molar-refractivity contribution in [3.05, 3.63) is 46.8 Å². The molecule has 3 heterocycles. The zero-order valence-electron chi connectivity index (χ0n) is 14.9. The molecule has 3 nitrogen and oxygen atoms in total. The van der Waals surface area contributed by atoms with Crippen molar-refractivity contribution in [2.24, 2.45) is 22.7 Å². The summed E-state index contributed by atoms with van der Waals surface area (Å²) in [4.78, 5) is 19.1. The maximum atomic E-state index is 11.9. The lowest BCUT2D eigenvalue weighted by Gasteiger charge is -2.37. The summed E-state index contributed by atoms with van der Waals surface area (Å²) in [6, 6.07) is 0.485. The lowest BCUT2D eigenvalue weighted by molar-refractivity contribution is -0.117. The van der Waals surface area contributed by atoms with Crippen LogP contribution in [-0.4, -0.2) is 29.5 Å². The van der Waals surface area contributed by atoms with E-state index in [1.165, 1.54) is 24.1 Å². The molecule has 5 aliphatic rings. The first-order valence-electron chi connectivity index (χ1n) is 9.82. The smallest absolute Gasteiger partial charge is 0.130 e. The van der Waals surface area contributed by atoms with Crippen molar-refractivity contribution in [2.75, 3.05) is 6.54 Å². The maximum Gasteiger partial charge on any atom is 0.130 e. The van der Waals surface area contributed by atoms with E-state index in [2.05, 4.69) is 34.2 Å². The fourth-order valence-corrected chi connectivity index (χ4v) is 5.77. The average molecular weight is 334 g/mol. The summed E-state index contributed by atoms with van der Waals surface area (Å²) in [6.45, 7) is 2.68. The van der Waals surface area contributed by atoms with E-state index in [0.717, 1.165) is 25.8 Å². The molecule has 0 amide bonds. The third-order valence-electron chi connectivity index (χ3n) is 6.76. The minimum absolute atomic E-state index is 0.329. The van der Waals surface area contributed by atoms with E-state index in [9.17, 15) is 4.79 Å². The Hall–Kier alpha value is -1.90. The first-order valence-corrected chi connectivity index (χ1v) is 9.82. The summed E-state index contributed by atoms with van der Waals surface area (Å²) in [7, 11) is 0. The number of dihydropyridines is 1. The highest BCUT2D eigenvalue weighted by Gasteiger charge is 2.49. The normalized spacial score (nSPS) is 35.5. The number of carbonyl (C=O) groups is 1. The van der Waals surface area contributed by atoms with E-state index in [-0.39, 0.29) is 0 Å². The van der Waals surface area contributed by atoms with Crippen LogP contribution in [0.5, 0.6) is 0 Å². The molecule has 1 saturated heterocycles. The Morgan fingerprint density at radius 3 is 3.08 bits per heavy atom. The molecule has 0 N–H and O–H groups in total. The molecule has 25 heavy (non-hydrogen) atoms. The molecule has 2 aliphatic carbocycles. The van der Waals surface area contributed by atoms with Gasteiger partial charge in [0.25, 0.3) is 0 Å². The van der Waals surface area contributed by atoms with Crippen molar-refractivity contribution in [3.8, 4) is 0 Å². The van der Waals surface area contributed by atoms with Crippen LogP contribution in [-0.2, 0) is 4.79 Å². The SMILES string of the molecule is CC(=O)CC1CC[C@H]2C3=C1CC=C1C=CCCC1N3C1=CC=NC[C@@H]12. The summed E-state index contributed by atoms with van der Waals surface area (Å²) >= 11 is 0. The van der Waals surface area contributed by atoms with Crippen molar-refractivity contribution < 1.29 is 4.79 Å². The number of fused-ring (bicyclic) bond motifs is 5. The molecular weight excluding hydrogens is 308 g/mol. The number of carbonyl (C=O) groups excluding carboxylic acids is 1. The number of hydrogen-bond donors (Lipinski definition) is 0. The van der Waals surface area contributed by atoms with Crippen molar-refractivity contribution >= 4 is 12.0 Å². The van der Waals surface area contributed by atoms with E-state index in [0.29, 0.717) is 36.0 Å². The molecule has 5 rings (SSSR count). The lowest BCUT2D eigenvalue weighted by atomic mass is 9.73. The van der Waals surface area contributed by atoms with Crippen LogP contribution in [0.1, 0.15) is 45.4 Å². The second kappa shape index (κ2) is 5.82. The van der Waals surface area contributed by atoms with Gasteiger partial charge in [-0.3, -0.25) is 4.99 Å². The van der Waals surface area contributed by atoms with Crippen LogP contribution in [0.3, 0.4) is 0 Å². The Bertz CT molecular complexity index is 767. The number of aliphatic imine (C=N–C) groups is 1. The van der Waals surface area contributed by atoms with E-state index < -0.39 is 0 Å². The van der Waals surface area contributed by atoms with Crippen LogP contribution < -0.4 is 0 Å². The highest BCUT2D eigenvalue weighted by Crippen LogP contribution is 2.55. The van der Waals surface area contributed by atoms with Gasteiger partial charge >= 0.3 is 0 Å². The van der Waals surface area contributed by atoms with E-state index in [1.54, 1.807) is 18.2 Å². The number of ketones is 1. The molecule has 0 aromatic heterocycles. The van der Waals surface area contributed by atoms with Gasteiger partial charge in [0.15, 0.2) is 0 Å². The molecule has 0 aromatic rings. The minimum Gasteiger partial charge on any atom is -0.341 e. The number of nitrogens with zero attached hydrogens (tertiary/aromatic N) is 2. The molecule has 1 fully saturated rings. The Kier molecular flexibility index (Phi) is 3.58. The van der Waals surface area contributed by atoms with Crippen LogP contribution in [0.25, 0.3) is 0 Å². The quantitative estimate of drug-likeness (QED) is 0.758. The Morgan fingerprint density at radius 2 is 2.20 bits per heavy atom. The zero-order valence-corrected chi connectivity index (χ0v) is 14.9. The molecule has 0 bridgehead atoms. The first kappa shape index (κ1) is 15.4. The van der Waals surface area contributed by atoms with Crippen molar-refractivity contribution in [1.29, 1.82) is 0 Å². The fourth-order valence-electron chi connectivity index (χ4n) is 5.77. The summed E-state index contributed by atoms with van der Waals surface area (Å²) in [5.74, 6) is 1.93. The highest BCUT2D eigenvalue weighted by molar-refractivity contribution is 5.76. The predicted molar refractivity (Wildman–Crippen MR) is 100 cm³/mol. The number of hydrogen-bond acceptors (Lipinski definition) is 3. The topological polar surface area (TPSA) is 32.7 Å². The maximum absolute atomic E-state index is 11.9. The highest BCUT2D eigenvalue weighted by atomic mass is 16.1. The number of rotatable bonds is 2.